The van der Waals surface area contributed by atoms with E-state index >= 15 is 0 Å². The van der Waals surface area contributed by atoms with E-state index in [1.807, 2.05) is 6.92 Å². The van der Waals surface area contributed by atoms with Crippen molar-refractivity contribution >= 4 is 9.84 Å². The second-order valence-corrected chi connectivity index (χ2v) is 5.31. The van der Waals surface area contributed by atoms with Gasteiger partial charge in [-0.15, -0.1) is 0 Å². The molecule has 1 aromatic carbocycles. The van der Waals surface area contributed by atoms with E-state index in [9.17, 15) is 8.42 Å². The van der Waals surface area contributed by atoms with Crippen LogP contribution in [0.3, 0.4) is 0 Å². The monoisotopic (exact) mass is 213 g/mol. The molecule has 0 saturated heterocycles. The van der Waals surface area contributed by atoms with Gasteiger partial charge in [0.1, 0.15) is 0 Å². The summed E-state index contributed by atoms with van der Waals surface area (Å²) in [5, 5.41) is 0. The number of benzene rings is 1. The molecule has 0 amide bonds. The lowest BCUT2D eigenvalue weighted by Gasteiger charge is -2.13. The summed E-state index contributed by atoms with van der Waals surface area (Å²) in [4.78, 5) is 0.342. The molecule has 1 rings (SSSR count). The lowest BCUT2D eigenvalue weighted by molar-refractivity contribution is 0.596. The Bertz CT molecular complexity index is 412. The van der Waals surface area contributed by atoms with Crippen molar-refractivity contribution in [2.45, 2.75) is 24.3 Å². The van der Waals surface area contributed by atoms with Crippen molar-refractivity contribution in [3.05, 3.63) is 29.8 Å². The van der Waals surface area contributed by atoms with Crippen LogP contribution in [0.1, 0.15) is 24.9 Å². The fraction of sp³-hybridized carbons (Fsp3) is 0.400. The SMILES string of the molecule is CC[C@H](N)c1ccccc1S(C)(=O)=O. The molecule has 14 heavy (non-hydrogen) atoms. The summed E-state index contributed by atoms with van der Waals surface area (Å²) in [5.41, 5.74) is 6.53. The van der Waals surface area contributed by atoms with Gasteiger partial charge in [-0.2, -0.15) is 0 Å². The molecule has 0 bridgehead atoms. The zero-order chi connectivity index (χ0) is 10.8. The molecule has 0 radical (unpaired) electrons. The first-order valence-corrected chi connectivity index (χ1v) is 6.40. The summed E-state index contributed by atoms with van der Waals surface area (Å²) < 4.78 is 22.8. The Balaban J connectivity index is 3.30. The number of sulfone groups is 1. The molecule has 3 nitrogen and oxygen atoms in total. The van der Waals surface area contributed by atoms with Gasteiger partial charge in [-0.25, -0.2) is 8.42 Å². The molecule has 2 N–H and O–H groups in total. The Hall–Kier alpha value is -0.870. The van der Waals surface area contributed by atoms with Gasteiger partial charge >= 0.3 is 0 Å². The van der Waals surface area contributed by atoms with Crippen LogP contribution in [0.15, 0.2) is 29.2 Å². The van der Waals surface area contributed by atoms with E-state index in [1.165, 1.54) is 6.26 Å². The molecule has 0 fully saturated rings. The first-order chi connectivity index (χ1) is 6.46. The van der Waals surface area contributed by atoms with Gasteiger partial charge in [0.25, 0.3) is 0 Å². The average molecular weight is 213 g/mol. The van der Waals surface area contributed by atoms with Gasteiger partial charge in [-0.05, 0) is 18.1 Å². The fourth-order valence-corrected chi connectivity index (χ4v) is 2.32. The largest absolute Gasteiger partial charge is 0.324 e. The molecule has 0 unspecified atom stereocenters. The Labute approximate surface area is 84.9 Å². The maximum absolute atomic E-state index is 11.4. The van der Waals surface area contributed by atoms with Gasteiger partial charge in [0, 0.05) is 12.3 Å². The molecule has 4 heteroatoms. The minimum atomic E-state index is -3.17. The van der Waals surface area contributed by atoms with Gasteiger partial charge in [-0.3, -0.25) is 0 Å². The van der Waals surface area contributed by atoms with Crippen molar-refractivity contribution in [2.24, 2.45) is 5.73 Å². The molecular weight excluding hydrogens is 198 g/mol. The Morgan fingerprint density at radius 3 is 2.43 bits per heavy atom. The molecule has 1 atom stereocenters. The highest BCUT2D eigenvalue weighted by atomic mass is 32.2. The van der Waals surface area contributed by atoms with Crippen molar-refractivity contribution in [1.29, 1.82) is 0 Å². The number of hydrogen-bond acceptors (Lipinski definition) is 3. The summed E-state index contributed by atoms with van der Waals surface area (Å²) in [5.74, 6) is 0. The van der Waals surface area contributed by atoms with E-state index in [-0.39, 0.29) is 6.04 Å². The Kier molecular flexibility index (Phi) is 3.29. The van der Waals surface area contributed by atoms with Crippen molar-refractivity contribution in [1.82, 2.24) is 0 Å². The van der Waals surface area contributed by atoms with E-state index in [4.69, 9.17) is 5.73 Å². The molecule has 0 aliphatic rings. The molecule has 0 aliphatic heterocycles. The predicted octanol–water partition coefficient (Wildman–Crippen LogP) is 1.50. The molecule has 0 aliphatic carbocycles. The van der Waals surface area contributed by atoms with Gasteiger partial charge in [0.05, 0.1) is 4.90 Å². The minimum absolute atomic E-state index is 0.207. The standard InChI is InChI=1S/C10H15NO2S/c1-3-9(11)8-6-4-5-7-10(8)14(2,12)13/h4-7,9H,3,11H2,1-2H3/t9-/m0/s1. The summed E-state index contributed by atoms with van der Waals surface area (Å²) in [6, 6.07) is 6.67. The summed E-state index contributed by atoms with van der Waals surface area (Å²) in [6.07, 6.45) is 1.93. The van der Waals surface area contributed by atoms with Crippen molar-refractivity contribution < 1.29 is 8.42 Å². The molecule has 0 aromatic heterocycles. The van der Waals surface area contributed by atoms with Crippen LogP contribution in [0.4, 0.5) is 0 Å². The van der Waals surface area contributed by atoms with Crippen LogP contribution in [0, 0.1) is 0 Å². The maximum Gasteiger partial charge on any atom is 0.175 e. The highest BCUT2D eigenvalue weighted by molar-refractivity contribution is 7.90. The second-order valence-electron chi connectivity index (χ2n) is 3.32. The molecule has 0 spiro atoms. The molecule has 0 saturated carbocycles. The van der Waals surface area contributed by atoms with E-state index in [0.717, 1.165) is 6.42 Å². The topological polar surface area (TPSA) is 60.2 Å². The quantitative estimate of drug-likeness (QED) is 0.827. The van der Waals surface area contributed by atoms with Crippen LogP contribution in [-0.2, 0) is 9.84 Å². The third-order valence-corrected chi connectivity index (χ3v) is 3.33. The second kappa shape index (κ2) is 4.11. The third kappa shape index (κ3) is 2.33. The minimum Gasteiger partial charge on any atom is -0.324 e. The molecule has 78 valence electrons. The summed E-state index contributed by atoms with van der Waals surface area (Å²) in [7, 11) is -3.17. The van der Waals surface area contributed by atoms with Crippen LogP contribution >= 0.6 is 0 Å². The van der Waals surface area contributed by atoms with E-state index in [0.29, 0.717) is 10.5 Å². The van der Waals surface area contributed by atoms with Crippen LogP contribution in [0.5, 0.6) is 0 Å². The van der Waals surface area contributed by atoms with Crippen molar-refractivity contribution in [2.75, 3.05) is 6.26 Å². The maximum atomic E-state index is 11.4. The number of nitrogens with two attached hydrogens (primary N) is 1. The number of rotatable bonds is 3. The zero-order valence-corrected chi connectivity index (χ0v) is 9.21. The first-order valence-electron chi connectivity index (χ1n) is 4.51. The Morgan fingerprint density at radius 1 is 1.36 bits per heavy atom. The highest BCUT2D eigenvalue weighted by Gasteiger charge is 2.15. The lowest BCUT2D eigenvalue weighted by atomic mass is 10.1. The van der Waals surface area contributed by atoms with Gasteiger partial charge < -0.3 is 5.73 Å². The normalized spacial score (nSPS) is 13.9. The van der Waals surface area contributed by atoms with E-state index in [2.05, 4.69) is 0 Å². The number of hydrogen-bond donors (Lipinski definition) is 1. The molecular formula is C10H15NO2S. The van der Waals surface area contributed by atoms with Crippen LogP contribution in [0.2, 0.25) is 0 Å². The highest BCUT2D eigenvalue weighted by Crippen LogP contribution is 2.22. The van der Waals surface area contributed by atoms with E-state index in [1.54, 1.807) is 24.3 Å². The van der Waals surface area contributed by atoms with Crippen LogP contribution in [0.25, 0.3) is 0 Å². The van der Waals surface area contributed by atoms with Gasteiger partial charge in [0.2, 0.25) is 0 Å². The molecule has 1 aromatic rings. The van der Waals surface area contributed by atoms with E-state index < -0.39 is 9.84 Å². The van der Waals surface area contributed by atoms with Crippen molar-refractivity contribution in [3.8, 4) is 0 Å². The van der Waals surface area contributed by atoms with Crippen LogP contribution in [-0.4, -0.2) is 14.7 Å². The van der Waals surface area contributed by atoms with Gasteiger partial charge in [0.15, 0.2) is 9.84 Å². The lowest BCUT2D eigenvalue weighted by Crippen LogP contribution is -2.13. The van der Waals surface area contributed by atoms with Crippen molar-refractivity contribution in [3.63, 3.8) is 0 Å². The Morgan fingerprint density at radius 2 is 1.93 bits per heavy atom. The smallest absolute Gasteiger partial charge is 0.175 e. The third-order valence-electron chi connectivity index (χ3n) is 2.16. The summed E-state index contributed by atoms with van der Waals surface area (Å²) in [6.45, 7) is 1.93. The zero-order valence-electron chi connectivity index (χ0n) is 8.40. The summed E-state index contributed by atoms with van der Waals surface area (Å²) >= 11 is 0. The predicted molar refractivity (Wildman–Crippen MR) is 56.8 cm³/mol. The van der Waals surface area contributed by atoms with Crippen LogP contribution < -0.4 is 5.73 Å². The average Bonchev–Trinajstić information content (AvgIpc) is 2.15. The molecule has 0 heterocycles. The van der Waals surface area contributed by atoms with Gasteiger partial charge in [-0.1, -0.05) is 25.1 Å². The first kappa shape index (κ1) is 11.2. The fourth-order valence-electron chi connectivity index (χ4n) is 1.34.